The standard InChI is InChI=1S/C13H19N/c1-6-8-9-13-11(4)14(5)10(3)12(13)7-2/h6,8-9,12H,1,3,7H2,2,4-5H3/b9-8-. The van der Waals surface area contributed by atoms with E-state index >= 15 is 0 Å². The van der Waals surface area contributed by atoms with Gasteiger partial charge in [0.25, 0.3) is 0 Å². The summed E-state index contributed by atoms with van der Waals surface area (Å²) >= 11 is 0. The van der Waals surface area contributed by atoms with Gasteiger partial charge in [-0.3, -0.25) is 0 Å². The highest BCUT2D eigenvalue weighted by Crippen LogP contribution is 2.37. The fourth-order valence-corrected chi connectivity index (χ4v) is 1.94. The summed E-state index contributed by atoms with van der Waals surface area (Å²) in [5.74, 6) is 0.483. The summed E-state index contributed by atoms with van der Waals surface area (Å²) in [5, 5.41) is 0. The van der Waals surface area contributed by atoms with Crippen molar-refractivity contribution in [3.8, 4) is 0 Å². The van der Waals surface area contributed by atoms with E-state index in [1.54, 1.807) is 0 Å². The molecule has 0 saturated heterocycles. The summed E-state index contributed by atoms with van der Waals surface area (Å²) in [6.07, 6.45) is 7.06. The topological polar surface area (TPSA) is 3.24 Å². The van der Waals surface area contributed by atoms with Crippen LogP contribution >= 0.6 is 0 Å². The molecule has 1 rings (SSSR count). The highest BCUT2D eigenvalue weighted by atomic mass is 15.1. The fourth-order valence-electron chi connectivity index (χ4n) is 1.94. The van der Waals surface area contributed by atoms with E-state index in [-0.39, 0.29) is 0 Å². The number of nitrogens with zero attached hydrogens (tertiary/aromatic N) is 1. The van der Waals surface area contributed by atoms with Crippen LogP contribution in [-0.4, -0.2) is 11.9 Å². The minimum atomic E-state index is 0.483. The largest absolute Gasteiger partial charge is 0.352 e. The molecule has 1 nitrogen and oxygen atoms in total. The predicted molar refractivity (Wildman–Crippen MR) is 62.7 cm³/mol. The molecule has 1 heterocycles. The second-order valence-corrected chi connectivity index (χ2v) is 3.65. The lowest BCUT2D eigenvalue weighted by molar-refractivity contribution is 0.503. The van der Waals surface area contributed by atoms with Crippen LogP contribution in [0.25, 0.3) is 0 Å². The van der Waals surface area contributed by atoms with Crippen LogP contribution in [-0.2, 0) is 0 Å². The number of rotatable bonds is 3. The predicted octanol–water partition coefficient (Wildman–Crippen LogP) is 3.49. The average molecular weight is 189 g/mol. The second kappa shape index (κ2) is 4.32. The summed E-state index contributed by atoms with van der Waals surface area (Å²) in [7, 11) is 2.08. The lowest BCUT2D eigenvalue weighted by Gasteiger charge is -2.17. The minimum absolute atomic E-state index is 0.483. The first-order valence-electron chi connectivity index (χ1n) is 5.05. The van der Waals surface area contributed by atoms with Crippen molar-refractivity contribution in [1.82, 2.24) is 4.90 Å². The molecule has 0 fully saturated rings. The van der Waals surface area contributed by atoms with E-state index in [2.05, 4.69) is 45.0 Å². The van der Waals surface area contributed by atoms with Crippen molar-refractivity contribution in [3.63, 3.8) is 0 Å². The Morgan fingerprint density at radius 1 is 1.50 bits per heavy atom. The van der Waals surface area contributed by atoms with Gasteiger partial charge in [-0.25, -0.2) is 0 Å². The van der Waals surface area contributed by atoms with Gasteiger partial charge >= 0.3 is 0 Å². The molecule has 1 atom stereocenters. The van der Waals surface area contributed by atoms with Gasteiger partial charge < -0.3 is 4.90 Å². The number of hydrogen-bond donors (Lipinski definition) is 0. The highest BCUT2D eigenvalue weighted by molar-refractivity contribution is 5.40. The molecule has 0 radical (unpaired) electrons. The molecule has 0 bridgehead atoms. The average Bonchev–Trinajstić information content (AvgIpc) is 2.39. The van der Waals surface area contributed by atoms with E-state index in [4.69, 9.17) is 0 Å². The summed E-state index contributed by atoms with van der Waals surface area (Å²) in [6.45, 7) is 12.2. The summed E-state index contributed by atoms with van der Waals surface area (Å²) < 4.78 is 0. The Balaban J connectivity index is 3.03. The van der Waals surface area contributed by atoms with Crippen molar-refractivity contribution >= 4 is 0 Å². The zero-order chi connectivity index (χ0) is 10.7. The first-order chi connectivity index (χ1) is 6.63. The van der Waals surface area contributed by atoms with Crippen molar-refractivity contribution in [2.75, 3.05) is 7.05 Å². The Kier molecular flexibility index (Phi) is 3.34. The third-order valence-corrected chi connectivity index (χ3v) is 2.95. The molecule has 0 spiro atoms. The van der Waals surface area contributed by atoms with E-state index in [0.29, 0.717) is 5.92 Å². The Morgan fingerprint density at radius 2 is 2.14 bits per heavy atom. The SMILES string of the molecule is C=C/C=C\C1=C(C)N(C)C(=C)C1CC. The van der Waals surface area contributed by atoms with Gasteiger partial charge in [0.2, 0.25) is 0 Å². The molecule has 0 aromatic rings. The molecule has 14 heavy (non-hydrogen) atoms. The van der Waals surface area contributed by atoms with E-state index in [9.17, 15) is 0 Å². The smallest absolute Gasteiger partial charge is 0.0251 e. The minimum Gasteiger partial charge on any atom is -0.352 e. The van der Waals surface area contributed by atoms with Gasteiger partial charge in [0, 0.05) is 24.4 Å². The molecule has 0 aromatic heterocycles. The third kappa shape index (κ3) is 1.67. The van der Waals surface area contributed by atoms with E-state index < -0.39 is 0 Å². The fraction of sp³-hybridized carbons (Fsp3) is 0.385. The van der Waals surface area contributed by atoms with Crippen molar-refractivity contribution in [1.29, 1.82) is 0 Å². The quantitative estimate of drug-likeness (QED) is 0.614. The lowest BCUT2D eigenvalue weighted by atomic mass is 9.95. The summed E-state index contributed by atoms with van der Waals surface area (Å²) in [4.78, 5) is 2.18. The molecule has 76 valence electrons. The molecular weight excluding hydrogens is 170 g/mol. The van der Waals surface area contributed by atoms with Crippen LogP contribution in [0.15, 0.2) is 48.4 Å². The van der Waals surface area contributed by atoms with Crippen molar-refractivity contribution in [2.45, 2.75) is 20.3 Å². The van der Waals surface area contributed by atoms with Crippen LogP contribution in [0.4, 0.5) is 0 Å². The molecule has 0 saturated carbocycles. The van der Waals surface area contributed by atoms with Crippen LogP contribution in [0.5, 0.6) is 0 Å². The maximum Gasteiger partial charge on any atom is 0.0251 e. The lowest BCUT2D eigenvalue weighted by Crippen LogP contribution is -2.11. The highest BCUT2D eigenvalue weighted by Gasteiger charge is 2.27. The third-order valence-electron chi connectivity index (χ3n) is 2.95. The van der Waals surface area contributed by atoms with Gasteiger partial charge in [-0.15, -0.1) is 0 Å². The first-order valence-corrected chi connectivity index (χ1v) is 5.05. The van der Waals surface area contributed by atoms with E-state index in [0.717, 1.165) is 6.42 Å². The molecule has 1 aliphatic heterocycles. The van der Waals surface area contributed by atoms with Crippen molar-refractivity contribution in [2.24, 2.45) is 5.92 Å². The van der Waals surface area contributed by atoms with Gasteiger partial charge in [0.1, 0.15) is 0 Å². The molecule has 0 aromatic carbocycles. The second-order valence-electron chi connectivity index (χ2n) is 3.65. The Bertz CT molecular complexity index is 307. The first kappa shape index (κ1) is 10.8. The Morgan fingerprint density at radius 3 is 2.64 bits per heavy atom. The van der Waals surface area contributed by atoms with Crippen LogP contribution in [0.3, 0.4) is 0 Å². The van der Waals surface area contributed by atoms with Gasteiger partial charge in [-0.2, -0.15) is 0 Å². The zero-order valence-electron chi connectivity index (χ0n) is 9.38. The number of hydrogen-bond acceptors (Lipinski definition) is 1. The summed E-state index contributed by atoms with van der Waals surface area (Å²) in [5.41, 5.74) is 3.88. The van der Waals surface area contributed by atoms with Crippen LogP contribution in [0.2, 0.25) is 0 Å². The molecule has 0 amide bonds. The maximum absolute atomic E-state index is 4.12. The summed E-state index contributed by atoms with van der Waals surface area (Å²) in [6, 6.07) is 0. The molecule has 1 heteroatoms. The molecule has 0 N–H and O–H groups in total. The van der Waals surface area contributed by atoms with Gasteiger partial charge in [0.15, 0.2) is 0 Å². The van der Waals surface area contributed by atoms with E-state index in [1.165, 1.54) is 17.0 Å². The van der Waals surface area contributed by atoms with Crippen LogP contribution in [0, 0.1) is 5.92 Å². The normalized spacial score (nSPS) is 22.6. The van der Waals surface area contributed by atoms with Crippen LogP contribution < -0.4 is 0 Å². The molecule has 0 aliphatic carbocycles. The Labute approximate surface area is 87.1 Å². The zero-order valence-corrected chi connectivity index (χ0v) is 9.38. The monoisotopic (exact) mass is 189 g/mol. The maximum atomic E-state index is 4.12. The van der Waals surface area contributed by atoms with Gasteiger partial charge in [-0.05, 0) is 18.9 Å². The van der Waals surface area contributed by atoms with Crippen LogP contribution in [0.1, 0.15) is 20.3 Å². The molecule has 1 unspecified atom stereocenters. The number of allylic oxidation sites excluding steroid dienone is 5. The van der Waals surface area contributed by atoms with Crippen molar-refractivity contribution < 1.29 is 0 Å². The van der Waals surface area contributed by atoms with Gasteiger partial charge in [-0.1, -0.05) is 38.3 Å². The van der Waals surface area contributed by atoms with Crippen molar-refractivity contribution in [3.05, 3.63) is 48.4 Å². The molecule has 1 aliphatic rings. The van der Waals surface area contributed by atoms with E-state index in [1.807, 2.05) is 12.2 Å². The Hall–Kier alpha value is -1.24. The molecular formula is C13H19N. The van der Waals surface area contributed by atoms with Gasteiger partial charge in [0.05, 0.1) is 0 Å².